The Morgan fingerprint density at radius 3 is 2.95 bits per heavy atom. The number of rotatable bonds is 3. The molecule has 5 heteroatoms. The first kappa shape index (κ1) is 13.5. The maximum Gasteiger partial charge on any atom is 0.252 e. The van der Waals surface area contributed by atoms with Gasteiger partial charge >= 0.3 is 0 Å². The van der Waals surface area contributed by atoms with Crippen molar-refractivity contribution >= 4 is 27.5 Å². The number of pyridine rings is 1. The van der Waals surface area contributed by atoms with Gasteiger partial charge < -0.3 is 11.1 Å². The minimum Gasteiger partial charge on any atom is -0.398 e. The van der Waals surface area contributed by atoms with E-state index in [4.69, 9.17) is 5.73 Å². The van der Waals surface area contributed by atoms with Crippen molar-refractivity contribution in [2.75, 3.05) is 5.73 Å². The molecule has 4 nitrogen and oxygen atoms in total. The van der Waals surface area contributed by atoms with E-state index in [-0.39, 0.29) is 5.91 Å². The van der Waals surface area contributed by atoms with Crippen LogP contribution in [0.2, 0.25) is 0 Å². The summed E-state index contributed by atoms with van der Waals surface area (Å²) in [6.45, 7) is 2.43. The maximum atomic E-state index is 12.1. The van der Waals surface area contributed by atoms with Gasteiger partial charge in [0.2, 0.25) is 0 Å². The third-order valence-corrected chi connectivity index (χ3v) is 3.75. The average Bonchev–Trinajstić information content (AvgIpc) is 2.40. The minimum absolute atomic E-state index is 0.164. The van der Waals surface area contributed by atoms with Gasteiger partial charge in [0.05, 0.1) is 10.0 Å². The zero-order chi connectivity index (χ0) is 13.8. The van der Waals surface area contributed by atoms with Crippen molar-refractivity contribution in [3.63, 3.8) is 0 Å². The van der Waals surface area contributed by atoms with Gasteiger partial charge in [0.15, 0.2) is 0 Å². The normalized spacial score (nSPS) is 10.2. The molecule has 0 radical (unpaired) electrons. The van der Waals surface area contributed by atoms with Crippen molar-refractivity contribution in [2.45, 2.75) is 13.5 Å². The van der Waals surface area contributed by atoms with Gasteiger partial charge in [-0.15, -0.1) is 0 Å². The Kier molecular flexibility index (Phi) is 4.16. The molecule has 0 atom stereocenters. The lowest BCUT2D eigenvalue weighted by atomic mass is 10.1. The third-order valence-electron chi connectivity index (χ3n) is 2.86. The second-order valence-electron chi connectivity index (χ2n) is 4.19. The number of nitrogen functional groups attached to an aromatic ring is 1. The molecule has 98 valence electrons. The van der Waals surface area contributed by atoms with Gasteiger partial charge in [-0.25, -0.2) is 0 Å². The number of nitrogens with two attached hydrogens (primary N) is 1. The van der Waals surface area contributed by atoms with Crippen molar-refractivity contribution in [3.05, 3.63) is 57.8 Å². The van der Waals surface area contributed by atoms with Crippen LogP contribution >= 0.6 is 15.9 Å². The number of carbonyl (C=O) groups is 1. The molecule has 1 heterocycles. The van der Waals surface area contributed by atoms with Crippen molar-refractivity contribution in [1.82, 2.24) is 10.3 Å². The second-order valence-corrected chi connectivity index (χ2v) is 4.99. The predicted molar refractivity (Wildman–Crippen MR) is 78.7 cm³/mol. The lowest BCUT2D eigenvalue weighted by molar-refractivity contribution is 0.0950. The molecular weight excluding hydrogens is 306 g/mol. The Bertz CT molecular complexity index is 613. The van der Waals surface area contributed by atoms with Crippen LogP contribution in [0.15, 0.2) is 41.1 Å². The highest BCUT2D eigenvalue weighted by Crippen LogP contribution is 2.23. The number of anilines is 1. The molecule has 3 N–H and O–H groups in total. The fraction of sp³-hybridized carbons (Fsp3) is 0.143. The molecule has 0 saturated heterocycles. The van der Waals surface area contributed by atoms with Crippen molar-refractivity contribution < 1.29 is 4.79 Å². The molecule has 1 aromatic heterocycles. The van der Waals surface area contributed by atoms with Crippen LogP contribution in [0.1, 0.15) is 21.5 Å². The smallest absolute Gasteiger partial charge is 0.252 e. The van der Waals surface area contributed by atoms with Crippen LogP contribution in [0.25, 0.3) is 0 Å². The average molecular weight is 320 g/mol. The molecule has 2 rings (SSSR count). The zero-order valence-corrected chi connectivity index (χ0v) is 12.1. The molecule has 0 spiro atoms. The van der Waals surface area contributed by atoms with Crippen LogP contribution in [0.4, 0.5) is 5.69 Å². The van der Waals surface area contributed by atoms with Crippen LogP contribution < -0.4 is 11.1 Å². The molecule has 0 bridgehead atoms. The van der Waals surface area contributed by atoms with Gasteiger partial charge in [-0.3, -0.25) is 9.78 Å². The highest BCUT2D eigenvalue weighted by molar-refractivity contribution is 9.10. The number of benzene rings is 1. The predicted octanol–water partition coefficient (Wildman–Crippen LogP) is 2.66. The van der Waals surface area contributed by atoms with E-state index in [1.165, 1.54) is 0 Å². The number of hydrogen-bond donors (Lipinski definition) is 2. The summed E-state index contributed by atoms with van der Waals surface area (Å²) in [5, 5.41) is 2.86. The summed E-state index contributed by atoms with van der Waals surface area (Å²) >= 11 is 3.32. The largest absolute Gasteiger partial charge is 0.398 e. The molecule has 0 aliphatic carbocycles. The van der Waals surface area contributed by atoms with E-state index in [2.05, 4.69) is 26.2 Å². The van der Waals surface area contributed by atoms with E-state index in [0.29, 0.717) is 22.3 Å². The topological polar surface area (TPSA) is 68.0 Å². The van der Waals surface area contributed by atoms with Crippen LogP contribution in [-0.2, 0) is 6.54 Å². The number of nitrogens with zero attached hydrogens (tertiary/aromatic N) is 1. The standard InChI is InChI=1S/C14H14BrN3O/c1-9-5-6-17-7-10(9)8-18-14(19)11-3-2-4-12(16)13(11)15/h2-7H,8,16H2,1H3,(H,18,19). The first-order valence-electron chi connectivity index (χ1n) is 5.81. The Hall–Kier alpha value is -1.88. The third kappa shape index (κ3) is 3.12. The van der Waals surface area contributed by atoms with Crippen molar-refractivity contribution in [2.24, 2.45) is 0 Å². The first-order valence-corrected chi connectivity index (χ1v) is 6.60. The Balaban J connectivity index is 2.10. The highest BCUT2D eigenvalue weighted by Gasteiger charge is 2.11. The van der Waals surface area contributed by atoms with Gasteiger partial charge in [0.1, 0.15) is 0 Å². The van der Waals surface area contributed by atoms with E-state index in [9.17, 15) is 4.79 Å². The number of carbonyl (C=O) groups excluding carboxylic acids is 1. The second kappa shape index (κ2) is 5.84. The van der Waals surface area contributed by atoms with E-state index in [1.807, 2.05) is 13.0 Å². The van der Waals surface area contributed by atoms with E-state index >= 15 is 0 Å². The maximum absolute atomic E-state index is 12.1. The van der Waals surface area contributed by atoms with Gasteiger partial charge in [-0.1, -0.05) is 6.07 Å². The Morgan fingerprint density at radius 2 is 2.21 bits per heavy atom. The molecule has 1 aromatic carbocycles. The number of halogens is 1. The minimum atomic E-state index is -0.164. The summed E-state index contributed by atoms with van der Waals surface area (Å²) in [5.74, 6) is -0.164. The van der Waals surface area contributed by atoms with Crippen LogP contribution in [-0.4, -0.2) is 10.9 Å². The van der Waals surface area contributed by atoms with Crippen LogP contribution in [0.3, 0.4) is 0 Å². The summed E-state index contributed by atoms with van der Waals surface area (Å²) in [6.07, 6.45) is 3.49. The fourth-order valence-corrected chi connectivity index (χ4v) is 2.12. The lowest BCUT2D eigenvalue weighted by Crippen LogP contribution is -2.23. The molecule has 19 heavy (non-hydrogen) atoms. The number of aromatic nitrogens is 1. The van der Waals surface area contributed by atoms with Gasteiger partial charge in [0, 0.05) is 24.6 Å². The number of nitrogens with one attached hydrogen (secondary N) is 1. The summed E-state index contributed by atoms with van der Waals surface area (Å²) in [7, 11) is 0. The molecule has 0 saturated carbocycles. The van der Waals surface area contributed by atoms with Crippen LogP contribution in [0, 0.1) is 6.92 Å². The molecule has 0 fully saturated rings. The fourth-order valence-electron chi connectivity index (χ4n) is 1.68. The quantitative estimate of drug-likeness (QED) is 0.855. The van der Waals surface area contributed by atoms with Gasteiger partial charge in [-0.2, -0.15) is 0 Å². The van der Waals surface area contributed by atoms with E-state index in [1.54, 1.807) is 30.6 Å². The summed E-state index contributed by atoms with van der Waals surface area (Å²) in [6, 6.07) is 7.14. The summed E-state index contributed by atoms with van der Waals surface area (Å²) in [4.78, 5) is 16.1. The highest BCUT2D eigenvalue weighted by atomic mass is 79.9. The molecule has 2 aromatic rings. The van der Waals surface area contributed by atoms with E-state index < -0.39 is 0 Å². The van der Waals surface area contributed by atoms with E-state index in [0.717, 1.165) is 11.1 Å². The molecule has 0 aliphatic rings. The Morgan fingerprint density at radius 1 is 1.42 bits per heavy atom. The summed E-state index contributed by atoms with van der Waals surface area (Å²) < 4.78 is 0.621. The first-order chi connectivity index (χ1) is 9.09. The lowest BCUT2D eigenvalue weighted by Gasteiger charge is -2.09. The van der Waals surface area contributed by atoms with Gasteiger partial charge in [0.25, 0.3) is 5.91 Å². The summed E-state index contributed by atoms with van der Waals surface area (Å²) in [5.41, 5.74) is 8.92. The monoisotopic (exact) mass is 319 g/mol. The molecule has 1 amide bonds. The van der Waals surface area contributed by atoms with Crippen molar-refractivity contribution in [3.8, 4) is 0 Å². The Labute approximate surface area is 120 Å². The van der Waals surface area contributed by atoms with Gasteiger partial charge in [-0.05, 0) is 52.2 Å². The molecule has 0 unspecified atom stereocenters. The SMILES string of the molecule is Cc1ccncc1CNC(=O)c1cccc(N)c1Br. The van der Waals surface area contributed by atoms with Crippen molar-refractivity contribution in [1.29, 1.82) is 0 Å². The molecule has 0 aliphatic heterocycles. The zero-order valence-electron chi connectivity index (χ0n) is 10.5. The van der Waals surface area contributed by atoms with Crippen LogP contribution in [0.5, 0.6) is 0 Å². The number of hydrogen-bond acceptors (Lipinski definition) is 3. The number of amides is 1. The number of aryl methyl sites for hydroxylation is 1. The molecular formula is C14H14BrN3O.